The Kier molecular flexibility index (Phi) is 7.14. The molecule has 4 saturated heterocycles. The third kappa shape index (κ3) is 6.16. The highest BCUT2D eigenvalue weighted by Crippen LogP contribution is 2.49. The first-order valence-electron chi connectivity index (χ1n) is 11.6. The van der Waals surface area contributed by atoms with Crippen LogP contribution in [0.15, 0.2) is 0 Å². The fourth-order valence-electron chi connectivity index (χ4n) is 4.79. The van der Waals surface area contributed by atoms with Gasteiger partial charge in [-0.2, -0.15) is 0 Å². The number of hydrogen-bond donors (Lipinski definition) is 1. The van der Waals surface area contributed by atoms with Crippen LogP contribution >= 0.6 is 0 Å². The van der Waals surface area contributed by atoms with E-state index in [1.807, 2.05) is 0 Å². The van der Waals surface area contributed by atoms with Crippen LogP contribution in [0.1, 0.15) is 19.3 Å². The van der Waals surface area contributed by atoms with Gasteiger partial charge in [-0.15, -0.1) is 0 Å². The summed E-state index contributed by atoms with van der Waals surface area (Å²) in [4.78, 5) is 0. The third-order valence-corrected chi connectivity index (χ3v) is 6.91. The molecule has 0 amide bonds. The number of aliphatic hydroxyl groups is 1. The largest absolute Gasteiger partial charge is 0.396 e. The van der Waals surface area contributed by atoms with Crippen LogP contribution < -0.4 is 0 Å². The highest BCUT2D eigenvalue weighted by molar-refractivity contribution is 5.04. The lowest BCUT2D eigenvalue weighted by molar-refractivity contribution is -0.214. The second-order valence-electron chi connectivity index (χ2n) is 9.82. The summed E-state index contributed by atoms with van der Waals surface area (Å²) in [5.41, 5.74) is -0.889. The molecule has 0 aromatic carbocycles. The Bertz CT molecular complexity index is 555. The molecule has 6 unspecified atom stereocenters. The molecule has 5 aliphatic rings. The van der Waals surface area contributed by atoms with Crippen LogP contribution in [0.4, 0.5) is 0 Å². The number of rotatable bonds is 16. The molecule has 5 rings (SSSR count). The summed E-state index contributed by atoms with van der Waals surface area (Å²) < 4.78 is 46.1. The number of aliphatic hydroxyl groups excluding tert-OH is 1. The maximum absolute atomic E-state index is 10.6. The zero-order valence-corrected chi connectivity index (χ0v) is 18.2. The monoisotopic (exact) mass is 444 g/mol. The van der Waals surface area contributed by atoms with Gasteiger partial charge in [0.25, 0.3) is 0 Å². The molecule has 0 aromatic rings. The third-order valence-electron chi connectivity index (χ3n) is 6.91. The summed E-state index contributed by atoms with van der Waals surface area (Å²) >= 11 is 0. The average molecular weight is 445 g/mol. The Labute approximate surface area is 183 Å². The zero-order valence-electron chi connectivity index (χ0n) is 18.2. The maximum Gasteiger partial charge on any atom is 0.104 e. The molecular weight excluding hydrogens is 408 g/mol. The SMILES string of the molecule is OCC1(COCC2CO2)CCCC(COCC2CO2)(COCC2CO2)C1OCC1CO1. The molecule has 5 fully saturated rings. The van der Waals surface area contributed by atoms with Crippen LogP contribution in [0.5, 0.6) is 0 Å². The Morgan fingerprint density at radius 2 is 1.06 bits per heavy atom. The van der Waals surface area contributed by atoms with Crippen molar-refractivity contribution in [1.29, 1.82) is 0 Å². The second kappa shape index (κ2) is 9.87. The van der Waals surface area contributed by atoms with Crippen LogP contribution in [-0.2, 0) is 37.9 Å². The van der Waals surface area contributed by atoms with Crippen LogP contribution in [0, 0.1) is 10.8 Å². The minimum atomic E-state index is -0.513. The van der Waals surface area contributed by atoms with E-state index in [0.717, 1.165) is 45.7 Å². The minimum Gasteiger partial charge on any atom is -0.396 e. The molecule has 0 bridgehead atoms. The van der Waals surface area contributed by atoms with Gasteiger partial charge in [-0.05, 0) is 12.8 Å². The van der Waals surface area contributed by atoms with Gasteiger partial charge in [-0.3, -0.25) is 0 Å². The van der Waals surface area contributed by atoms with Gasteiger partial charge >= 0.3 is 0 Å². The first-order chi connectivity index (χ1) is 15.2. The van der Waals surface area contributed by atoms with Gasteiger partial charge < -0.3 is 43.0 Å². The van der Waals surface area contributed by atoms with Gasteiger partial charge in [0.15, 0.2) is 0 Å². The van der Waals surface area contributed by atoms with Crippen molar-refractivity contribution in [2.45, 2.75) is 49.8 Å². The van der Waals surface area contributed by atoms with Crippen molar-refractivity contribution in [2.24, 2.45) is 10.8 Å². The Morgan fingerprint density at radius 3 is 1.52 bits per heavy atom. The number of hydrogen-bond acceptors (Lipinski definition) is 9. The summed E-state index contributed by atoms with van der Waals surface area (Å²) in [7, 11) is 0. The van der Waals surface area contributed by atoms with Crippen LogP contribution in [0.2, 0.25) is 0 Å². The summed E-state index contributed by atoms with van der Waals surface area (Å²) in [5, 5.41) is 10.6. The van der Waals surface area contributed by atoms with Crippen molar-refractivity contribution in [3.63, 3.8) is 0 Å². The van der Waals surface area contributed by atoms with Crippen molar-refractivity contribution < 1.29 is 43.0 Å². The lowest BCUT2D eigenvalue weighted by Crippen LogP contribution is -2.60. The topological polar surface area (TPSA) is 107 Å². The first-order valence-corrected chi connectivity index (χ1v) is 11.6. The molecule has 178 valence electrons. The van der Waals surface area contributed by atoms with Crippen LogP contribution in [0.25, 0.3) is 0 Å². The van der Waals surface area contributed by atoms with Crippen molar-refractivity contribution in [3.05, 3.63) is 0 Å². The molecular formula is C22H36O9. The van der Waals surface area contributed by atoms with E-state index in [1.165, 1.54) is 0 Å². The Morgan fingerprint density at radius 1 is 0.645 bits per heavy atom. The van der Waals surface area contributed by atoms with Crippen molar-refractivity contribution >= 4 is 0 Å². The number of ether oxygens (including phenoxy) is 8. The maximum atomic E-state index is 10.6. The second-order valence-corrected chi connectivity index (χ2v) is 9.82. The predicted octanol–water partition coefficient (Wildman–Crippen LogP) is 0.166. The molecule has 0 radical (unpaired) electrons. The van der Waals surface area contributed by atoms with Crippen LogP contribution in [0.3, 0.4) is 0 Å². The molecule has 1 aliphatic carbocycles. The molecule has 1 saturated carbocycles. The van der Waals surface area contributed by atoms with E-state index in [4.69, 9.17) is 37.9 Å². The molecule has 31 heavy (non-hydrogen) atoms. The molecule has 6 atom stereocenters. The van der Waals surface area contributed by atoms with Crippen molar-refractivity contribution in [3.8, 4) is 0 Å². The molecule has 9 nitrogen and oxygen atoms in total. The minimum absolute atomic E-state index is 0.00602. The smallest absolute Gasteiger partial charge is 0.104 e. The Hall–Kier alpha value is -0.360. The average Bonchev–Trinajstić information content (AvgIpc) is 3.61. The molecule has 0 spiro atoms. The lowest BCUT2D eigenvalue weighted by atomic mass is 9.60. The summed E-state index contributed by atoms with van der Waals surface area (Å²) in [6.07, 6.45) is 3.16. The fraction of sp³-hybridized carbons (Fsp3) is 1.00. The lowest BCUT2D eigenvalue weighted by Gasteiger charge is -2.53. The summed E-state index contributed by atoms with van der Waals surface area (Å²) in [6.45, 7) is 6.65. The summed E-state index contributed by atoms with van der Waals surface area (Å²) in [5.74, 6) is 0. The fourth-order valence-corrected chi connectivity index (χ4v) is 4.79. The van der Waals surface area contributed by atoms with E-state index in [0.29, 0.717) is 46.2 Å². The van der Waals surface area contributed by atoms with Gasteiger partial charge in [0.1, 0.15) is 24.4 Å². The van der Waals surface area contributed by atoms with E-state index < -0.39 is 5.41 Å². The quantitative estimate of drug-likeness (QED) is 0.333. The number of epoxide rings is 4. The van der Waals surface area contributed by atoms with E-state index in [2.05, 4.69) is 0 Å². The van der Waals surface area contributed by atoms with E-state index >= 15 is 0 Å². The predicted molar refractivity (Wildman–Crippen MR) is 107 cm³/mol. The van der Waals surface area contributed by atoms with Gasteiger partial charge in [0.2, 0.25) is 0 Å². The highest BCUT2D eigenvalue weighted by atomic mass is 16.6. The van der Waals surface area contributed by atoms with Gasteiger partial charge in [0.05, 0.1) is 85.4 Å². The highest BCUT2D eigenvalue weighted by Gasteiger charge is 2.56. The standard InChI is InChI=1S/C22H36O9/c23-12-21(13-24-4-16-7-27-16)2-1-3-22(14-25-5-17-8-28-17,15-26-6-18-9-29-18)20(21)31-11-19-10-30-19/h16-20,23H,1-15H2. The molecule has 0 aromatic heterocycles. The van der Waals surface area contributed by atoms with Gasteiger partial charge in [0, 0.05) is 10.8 Å². The zero-order chi connectivity index (χ0) is 21.2. The van der Waals surface area contributed by atoms with Gasteiger partial charge in [-0.25, -0.2) is 0 Å². The molecule has 9 heteroatoms. The normalized spacial score (nSPS) is 43.1. The first kappa shape index (κ1) is 22.4. The molecule has 4 heterocycles. The van der Waals surface area contributed by atoms with E-state index in [-0.39, 0.29) is 42.5 Å². The van der Waals surface area contributed by atoms with Crippen molar-refractivity contribution in [1.82, 2.24) is 0 Å². The molecule has 1 N–H and O–H groups in total. The molecule has 4 aliphatic heterocycles. The van der Waals surface area contributed by atoms with E-state index in [1.54, 1.807) is 0 Å². The van der Waals surface area contributed by atoms with E-state index in [9.17, 15) is 5.11 Å². The Balaban J connectivity index is 1.31. The van der Waals surface area contributed by atoms with Crippen molar-refractivity contribution in [2.75, 3.05) is 79.3 Å². The van der Waals surface area contributed by atoms with Gasteiger partial charge in [-0.1, -0.05) is 6.42 Å². The summed E-state index contributed by atoms with van der Waals surface area (Å²) in [6, 6.07) is 0. The van der Waals surface area contributed by atoms with Crippen LogP contribution in [-0.4, -0.2) is 115 Å².